The maximum atomic E-state index is 12.4. The third-order valence-electron chi connectivity index (χ3n) is 4.91. The van der Waals surface area contributed by atoms with Crippen molar-refractivity contribution in [3.63, 3.8) is 0 Å². The lowest BCUT2D eigenvalue weighted by atomic mass is 9.86. The van der Waals surface area contributed by atoms with Crippen LogP contribution in [0.5, 0.6) is 0 Å². The molecule has 0 radical (unpaired) electrons. The van der Waals surface area contributed by atoms with Crippen molar-refractivity contribution in [3.8, 4) is 0 Å². The van der Waals surface area contributed by atoms with Crippen LogP contribution in [0.15, 0.2) is 24.3 Å². The number of carbonyl (C=O) groups excluding carboxylic acids is 1. The summed E-state index contributed by atoms with van der Waals surface area (Å²) in [7, 11) is 0. The van der Waals surface area contributed by atoms with Crippen LogP contribution in [0.3, 0.4) is 0 Å². The maximum absolute atomic E-state index is 12.4. The fourth-order valence-electron chi connectivity index (χ4n) is 3.25. The molecule has 1 aromatic carbocycles. The molecular weight excluding hydrogens is 292 g/mol. The van der Waals surface area contributed by atoms with E-state index in [-0.39, 0.29) is 17.9 Å². The highest BCUT2D eigenvalue weighted by atomic mass is 16.5. The number of benzene rings is 1. The van der Waals surface area contributed by atoms with Crippen LogP contribution in [-0.2, 0) is 16.0 Å². The first-order valence-electron chi connectivity index (χ1n) is 8.35. The van der Waals surface area contributed by atoms with Gasteiger partial charge in [-0.15, -0.1) is 0 Å². The molecule has 2 aliphatic heterocycles. The lowest BCUT2D eigenvalue weighted by molar-refractivity contribution is -0.152. The van der Waals surface area contributed by atoms with Gasteiger partial charge >= 0.3 is 0 Å². The van der Waals surface area contributed by atoms with Gasteiger partial charge in [-0.05, 0) is 12.5 Å². The molecule has 5 nitrogen and oxygen atoms in total. The third kappa shape index (κ3) is 3.91. The highest BCUT2D eigenvalue weighted by molar-refractivity contribution is 5.78. The van der Waals surface area contributed by atoms with E-state index >= 15 is 0 Å². The summed E-state index contributed by atoms with van der Waals surface area (Å²) < 4.78 is 5.25. The Morgan fingerprint density at radius 3 is 2.35 bits per heavy atom. The molecule has 0 aromatic heterocycles. The highest BCUT2D eigenvalue weighted by Crippen LogP contribution is 2.28. The molecule has 0 aliphatic carbocycles. The minimum Gasteiger partial charge on any atom is -0.396 e. The Morgan fingerprint density at radius 1 is 1.17 bits per heavy atom. The molecule has 2 aliphatic rings. The van der Waals surface area contributed by atoms with Crippen molar-refractivity contribution in [3.05, 3.63) is 35.4 Å². The maximum Gasteiger partial charge on any atom is 0.227 e. The smallest absolute Gasteiger partial charge is 0.227 e. The van der Waals surface area contributed by atoms with Crippen molar-refractivity contribution < 1.29 is 14.6 Å². The van der Waals surface area contributed by atoms with E-state index < -0.39 is 0 Å². The minimum atomic E-state index is -0.0753. The number of aliphatic hydroxyl groups excluding tert-OH is 1. The summed E-state index contributed by atoms with van der Waals surface area (Å²) in [5.41, 5.74) is 2.22. The average molecular weight is 318 g/mol. The molecule has 3 rings (SSSR count). The standard InChI is InChI=1S/C18H26N2O3/c1-15-2-4-16(5-3-15)10-17(22)20-8-6-19(7-9-20)11-18(12-21)13-23-14-18/h2-5,21H,6-14H2,1H3. The van der Waals surface area contributed by atoms with Crippen molar-refractivity contribution in [2.45, 2.75) is 13.3 Å². The van der Waals surface area contributed by atoms with E-state index in [9.17, 15) is 9.90 Å². The van der Waals surface area contributed by atoms with Crippen molar-refractivity contribution in [2.24, 2.45) is 5.41 Å². The summed E-state index contributed by atoms with van der Waals surface area (Å²) >= 11 is 0. The van der Waals surface area contributed by atoms with E-state index in [1.807, 2.05) is 17.0 Å². The molecule has 0 saturated carbocycles. The molecule has 2 heterocycles. The summed E-state index contributed by atoms with van der Waals surface area (Å²) in [6.07, 6.45) is 0.481. The van der Waals surface area contributed by atoms with E-state index in [4.69, 9.17) is 4.74 Å². The number of carbonyl (C=O) groups is 1. The molecule has 0 unspecified atom stereocenters. The predicted octanol–water partition coefficient (Wildman–Crippen LogP) is 0.691. The molecule has 1 amide bonds. The Bertz CT molecular complexity index is 526. The van der Waals surface area contributed by atoms with Gasteiger partial charge in [-0.2, -0.15) is 0 Å². The van der Waals surface area contributed by atoms with Crippen molar-refractivity contribution >= 4 is 5.91 Å². The van der Waals surface area contributed by atoms with E-state index in [0.717, 1.165) is 38.3 Å². The lowest BCUT2D eigenvalue weighted by Gasteiger charge is -2.45. The first-order valence-corrected chi connectivity index (χ1v) is 8.35. The van der Waals surface area contributed by atoms with Gasteiger partial charge in [0.2, 0.25) is 5.91 Å². The van der Waals surface area contributed by atoms with Crippen LogP contribution in [0.1, 0.15) is 11.1 Å². The Morgan fingerprint density at radius 2 is 1.83 bits per heavy atom. The van der Waals surface area contributed by atoms with Gasteiger partial charge in [0, 0.05) is 32.7 Å². The molecule has 0 atom stereocenters. The molecule has 2 fully saturated rings. The molecule has 5 heteroatoms. The molecule has 23 heavy (non-hydrogen) atoms. The van der Waals surface area contributed by atoms with E-state index in [2.05, 4.69) is 24.0 Å². The van der Waals surface area contributed by atoms with E-state index in [1.165, 1.54) is 5.56 Å². The van der Waals surface area contributed by atoms with Crippen molar-refractivity contribution in [2.75, 3.05) is 52.5 Å². The van der Waals surface area contributed by atoms with Crippen LogP contribution in [0.4, 0.5) is 0 Å². The van der Waals surface area contributed by atoms with Gasteiger partial charge in [0.1, 0.15) is 0 Å². The zero-order chi connectivity index (χ0) is 16.3. The van der Waals surface area contributed by atoms with Crippen LogP contribution < -0.4 is 0 Å². The summed E-state index contributed by atoms with van der Waals surface area (Å²) in [4.78, 5) is 16.7. The van der Waals surface area contributed by atoms with E-state index in [0.29, 0.717) is 19.6 Å². The largest absolute Gasteiger partial charge is 0.396 e. The number of piperazine rings is 1. The van der Waals surface area contributed by atoms with Crippen molar-refractivity contribution in [1.29, 1.82) is 0 Å². The van der Waals surface area contributed by atoms with E-state index in [1.54, 1.807) is 0 Å². The number of aliphatic hydroxyl groups is 1. The van der Waals surface area contributed by atoms with Gasteiger partial charge in [0.15, 0.2) is 0 Å². The monoisotopic (exact) mass is 318 g/mol. The predicted molar refractivity (Wildman–Crippen MR) is 88.2 cm³/mol. The van der Waals surface area contributed by atoms with Crippen LogP contribution >= 0.6 is 0 Å². The topological polar surface area (TPSA) is 53.0 Å². The van der Waals surface area contributed by atoms with Crippen LogP contribution in [0.25, 0.3) is 0 Å². The molecule has 2 saturated heterocycles. The number of rotatable bonds is 5. The summed E-state index contributed by atoms with van der Waals surface area (Å²) in [6, 6.07) is 8.17. The lowest BCUT2D eigenvalue weighted by Crippen LogP contribution is -2.57. The normalized spacial score (nSPS) is 21.0. The summed E-state index contributed by atoms with van der Waals surface area (Å²) in [5.74, 6) is 0.206. The number of ether oxygens (including phenoxy) is 1. The Balaban J connectivity index is 1.46. The number of aryl methyl sites for hydroxylation is 1. The van der Waals surface area contributed by atoms with Gasteiger partial charge < -0.3 is 14.7 Å². The van der Waals surface area contributed by atoms with Gasteiger partial charge in [0.25, 0.3) is 0 Å². The second kappa shape index (κ2) is 6.99. The number of amides is 1. The minimum absolute atomic E-state index is 0.0753. The third-order valence-corrected chi connectivity index (χ3v) is 4.91. The van der Waals surface area contributed by atoms with Crippen LogP contribution in [0, 0.1) is 12.3 Å². The SMILES string of the molecule is Cc1ccc(CC(=O)N2CCN(CC3(CO)COC3)CC2)cc1. The van der Waals surface area contributed by atoms with Crippen LogP contribution in [-0.4, -0.2) is 73.4 Å². The Hall–Kier alpha value is -1.43. The number of nitrogens with zero attached hydrogens (tertiary/aromatic N) is 2. The summed E-state index contributed by atoms with van der Waals surface area (Å²) in [5, 5.41) is 9.52. The molecule has 1 N–H and O–H groups in total. The molecule has 126 valence electrons. The molecule has 1 aromatic rings. The zero-order valence-corrected chi connectivity index (χ0v) is 13.8. The Kier molecular flexibility index (Phi) is 4.99. The quantitative estimate of drug-likeness (QED) is 0.868. The molecule has 0 spiro atoms. The van der Waals surface area contributed by atoms with Gasteiger partial charge in [-0.1, -0.05) is 29.8 Å². The van der Waals surface area contributed by atoms with Gasteiger partial charge in [-0.3, -0.25) is 9.69 Å². The molecular formula is C18H26N2O3. The number of hydrogen-bond donors (Lipinski definition) is 1. The first kappa shape index (κ1) is 16.4. The van der Waals surface area contributed by atoms with Crippen LogP contribution in [0.2, 0.25) is 0 Å². The second-order valence-corrected chi connectivity index (χ2v) is 6.97. The fraction of sp³-hybridized carbons (Fsp3) is 0.611. The fourth-order valence-corrected chi connectivity index (χ4v) is 3.25. The Labute approximate surface area is 137 Å². The molecule has 0 bridgehead atoms. The van der Waals surface area contributed by atoms with Crippen molar-refractivity contribution in [1.82, 2.24) is 9.80 Å². The highest BCUT2D eigenvalue weighted by Gasteiger charge is 2.40. The average Bonchev–Trinajstić information content (AvgIpc) is 2.53. The van der Waals surface area contributed by atoms with Gasteiger partial charge in [0.05, 0.1) is 31.7 Å². The first-order chi connectivity index (χ1) is 11.1. The zero-order valence-electron chi connectivity index (χ0n) is 13.8. The summed E-state index contributed by atoms with van der Waals surface area (Å²) in [6.45, 7) is 7.69. The van der Waals surface area contributed by atoms with Gasteiger partial charge in [-0.25, -0.2) is 0 Å². The second-order valence-electron chi connectivity index (χ2n) is 6.97. The number of hydrogen-bond acceptors (Lipinski definition) is 4.